The van der Waals surface area contributed by atoms with E-state index in [0.717, 1.165) is 29.8 Å². The second-order valence-electron chi connectivity index (χ2n) is 5.07. The van der Waals surface area contributed by atoms with Crippen molar-refractivity contribution in [2.24, 2.45) is 0 Å². The summed E-state index contributed by atoms with van der Waals surface area (Å²) < 4.78 is 0. The van der Waals surface area contributed by atoms with Gasteiger partial charge in [-0.15, -0.1) is 0 Å². The van der Waals surface area contributed by atoms with Gasteiger partial charge < -0.3 is 10.3 Å². The average molecular weight is 255 g/mol. The van der Waals surface area contributed by atoms with Gasteiger partial charge in [0, 0.05) is 25.1 Å². The molecular formula is C15H17N3O. The van der Waals surface area contributed by atoms with Crippen molar-refractivity contribution in [3.8, 4) is 11.4 Å². The zero-order chi connectivity index (χ0) is 13.4. The molecule has 98 valence electrons. The number of aromatic amines is 1. The Hall–Kier alpha value is -1.94. The highest BCUT2D eigenvalue weighted by Crippen LogP contribution is 2.19. The number of fused-ring (bicyclic) bond motifs is 1. The Balaban J connectivity index is 2.12. The zero-order valence-corrected chi connectivity index (χ0v) is 11.2. The summed E-state index contributed by atoms with van der Waals surface area (Å²) in [5, 5.41) is 3.20. The van der Waals surface area contributed by atoms with E-state index in [1.807, 2.05) is 6.07 Å². The predicted molar refractivity (Wildman–Crippen MR) is 75.2 cm³/mol. The summed E-state index contributed by atoms with van der Waals surface area (Å²) in [5.74, 6) is 0.675. The Kier molecular flexibility index (Phi) is 2.95. The van der Waals surface area contributed by atoms with Crippen molar-refractivity contribution < 1.29 is 0 Å². The van der Waals surface area contributed by atoms with Crippen molar-refractivity contribution in [1.82, 2.24) is 15.3 Å². The normalized spacial score (nSPS) is 14.2. The van der Waals surface area contributed by atoms with Gasteiger partial charge >= 0.3 is 0 Å². The predicted octanol–water partition coefficient (Wildman–Crippen LogP) is 1.70. The monoisotopic (exact) mass is 255 g/mol. The lowest BCUT2D eigenvalue weighted by molar-refractivity contribution is 0.621. The molecule has 0 atom stereocenters. The van der Waals surface area contributed by atoms with Crippen LogP contribution in [0.2, 0.25) is 0 Å². The van der Waals surface area contributed by atoms with E-state index in [9.17, 15) is 4.79 Å². The number of aryl methyl sites for hydroxylation is 2. The highest BCUT2D eigenvalue weighted by Gasteiger charge is 2.15. The van der Waals surface area contributed by atoms with Gasteiger partial charge in [0.15, 0.2) is 0 Å². The lowest BCUT2D eigenvalue weighted by Gasteiger charge is -2.16. The first kappa shape index (κ1) is 12.1. The van der Waals surface area contributed by atoms with E-state index in [0.29, 0.717) is 12.4 Å². The second kappa shape index (κ2) is 4.63. The summed E-state index contributed by atoms with van der Waals surface area (Å²) in [4.78, 5) is 19.6. The number of hydrogen-bond acceptors (Lipinski definition) is 3. The molecule has 2 aromatic rings. The van der Waals surface area contributed by atoms with Crippen LogP contribution in [0.3, 0.4) is 0 Å². The number of nitrogens with zero attached hydrogens (tertiary/aromatic N) is 1. The summed E-state index contributed by atoms with van der Waals surface area (Å²) in [7, 11) is 0. The molecular weight excluding hydrogens is 238 g/mol. The molecule has 2 N–H and O–H groups in total. The zero-order valence-electron chi connectivity index (χ0n) is 11.2. The van der Waals surface area contributed by atoms with E-state index in [-0.39, 0.29) is 5.56 Å². The third-order valence-electron chi connectivity index (χ3n) is 3.72. The van der Waals surface area contributed by atoms with Gasteiger partial charge in [-0.2, -0.15) is 0 Å². The van der Waals surface area contributed by atoms with Gasteiger partial charge in [0.1, 0.15) is 5.82 Å². The van der Waals surface area contributed by atoms with Crippen LogP contribution in [-0.4, -0.2) is 16.5 Å². The number of nitrogens with one attached hydrogen (secondary N) is 2. The first-order valence-corrected chi connectivity index (χ1v) is 6.55. The highest BCUT2D eigenvalue weighted by molar-refractivity contribution is 5.57. The van der Waals surface area contributed by atoms with Crippen molar-refractivity contribution >= 4 is 0 Å². The molecule has 1 aromatic heterocycles. The molecule has 2 heterocycles. The summed E-state index contributed by atoms with van der Waals surface area (Å²) in [6.45, 7) is 5.65. The van der Waals surface area contributed by atoms with Crippen molar-refractivity contribution in [3.05, 3.63) is 50.9 Å². The third kappa shape index (κ3) is 2.19. The van der Waals surface area contributed by atoms with Crippen molar-refractivity contribution in [1.29, 1.82) is 0 Å². The SMILES string of the molecule is Cc1ccc(-c2nc3c(c(=O)[nH]2)CNCC3)cc1C. The third-order valence-corrected chi connectivity index (χ3v) is 3.72. The lowest BCUT2D eigenvalue weighted by Crippen LogP contribution is -2.31. The standard InChI is InChI=1S/C15H17N3O/c1-9-3-4-11(7-10(9)2)14-17-13-5-6-16-8-12(13)15(19)18-14/h3-4,7,16H,5-6,8H2,1-2H3,(H,17,18,19). The lowest BCUT2D eigenvalue weighted by atomic mass is 10.0. The molecule has 1 aliphatic rings. The van der Waals surface area contributed by atoms with Crippen LogP contribution in [-0.2, 0) is 13.0 Å². The fourth-order valence-electron chi connectivity index (χ4n) is 2.38. The van der Waals surface area contributed by atoms with Crippen LogP contribution in [0, 0.1) is 13.8 Å². The Labute approximate surface area is 111 Å². The fourth-order valence-corrected chi connectivity index (χ4v) is 2.38. The Morgan fingerprint density at radius 3 is 2.84 bits per heavy atom. The Morgan fingerprint density at radius 2 is 2.05 bits per heavy atom. The van der Waals surface area contributed by atoms with Gasteiger partial charge in [0.25, 0.3) is 5.56 Å². The average Bonchev–Trinajstić information content (AvgIpc) is 2.42. The van der Waals surface area contributed by atoms with Crippen LogP contribution in [0.1, 0.15) is 22.4 Å². The quantitative estimate of drug-likeness (QED) is 0.815. The van der Waals surface area contributed by atoms with Crippen molar-refractivity contribution in [3.63, 3.8) is 0 Å². The molecule has 0 unspecified atom stereocenters. The van der Waals surface area contributed by atoms with E-state index in [2.05, 4.69) is 41.3 Å². The van der Waals surface area contributed by atoms with Crippen LogP contribution in [0.4, 0.5) is 0 Å². The smallest absolute Gasteiger partial charge is 0.255 e. The molecule has 0 spiro atoms. The topological polar surface area (TPSA) is 57.8 Å². The minimum Gasteiger partial charge on any atom is -0.312 e. The molecule has 0 aliphatic carbocycles. The largest absolute Gasteiger partial charge is 0.312 e. The van der Waals surface area contributed by atoms with Crippen LogP contribution < -0.4 is 10.9 Å². The first-order valence-electron chi connectivity index (χ1n) is 6.55. The maximum Gasteiger partial charge on any atom is 0.255 e. The van der Waals surface area contributed by atoms with Gasteiger partial charge in [-0.05, 0) is 31.0 Å². The maximum absolute atomic E-state index is 12.1. The number of hydrogen-bond donors (Lipinski definition) is 2. The van der Waals surface area contributed by atoms with Gasteiger partial charge in [0.2, 0.25) is 0 Å². The molecule has 0 saturated heterocycles. The molecule has 0 amide bonds. The molecule has 4 heteroatoms. The molecule has 4 nitrogen and oxygen atoms in total. The Bertz CT molecular complexity index is 688. The molecule has 1 aliphatic heterocycles. The molecule has 0 saturated carbocycles. The number of aromatic nitrogens is 2. The maximum atomic E-state index is 12.1. The number of benzene rings is 1. The van der Waals surface area contributed by atoms with Crippen LogP contribution >= 0.6 is 0 Å². The van der Waals surface area contributed by atoms with E-state index < -0.39 is 0 Å². The van der Waals surface area contributed by atoms with Crippen LogP contribution in [0.5, 0.6) is 0 Å². The van der Waals surface area contributed by atoms with Gasteiger partial charge in [-0.3, -0.25) is 4.79 Å². The summed E-state index contributed by atoms with van der Waals surface area (Å²) in [6.07, 6.45) is 0.817. The molecule has 19 heavy (non-hydrogen) atoms. The van der Waals surface area contributed by atoms with Gasteiger partial charge in [-0.25, -0.2) is 4.98 Å². The van der Waals surface area contributed by atoms with Gasteiger partial charge in [0.05, 0.1) is 11.3 Å². The molecule has 0 radical (unpaired) electrons. The number of rotatable bonds is 1. The minimum absolute atomic E-state index is 0.0228. The van der Waals surface area contributed by atoms with E-state index in [4.69, 9.17) is 0 Å². The van der Waals surface area contributed by atoms with Crippen LogP contribution in [0.25, 0.3) is 11.4 Å². The summed E-state index contributed by atoms with van der Waals surface area (Å²) in [6, 6.07) is 6.14. The van der Waals surface area contributed by atoms with Crippen molar-refractivity contribution in [2.45, 2.75) is 26.8 Å². The second-order valence-corrected chi connectivity index (χ2v) is 5.07. The van der Waals surface area contributed by atoms with Gasteiger partial charge in [-0.1, -0.05) is 12.1 Å². The van der Waals surface area contributed by atoms with Crippen LogP contribution in [0.15, 0.2) is 23.0 Å². The molecule has 0 bridgehead atoms. The fraction of sp³-hybridized carbons (Fsp3) is 0.333. The Morgan fingerprint density at radius 1 is 1.21 bits per heavy atom. The number of H-pyrrole nitrogens is 1. The molecule has 0 fully saturated rings. The molecule has 3 rings (SSSR count). The van der Waals surface area contributed by atoms with E-state index in [1.165, 1.54) is 11.1 Å². The summed E-state index contributed by atoms with van der Waals surface area (Å²) >= 11 is 0. The minimum atomic E-state index is -0.0228. The van der Waals surface area contributed by atoms with Crippen molar-refractivity contribution in [2.75, 3.05) is 6.54 Å². The van der Waals surface area contributed by atoms with E-state index in [1.54, 1.807) is 0 Å². The highest BCUT2D eigenvalue weighted by atomic mass is 16.1. The molecule has 1 aromatic carbocycles. The summed E-state index contributed by atoms with van der Waals surface area (Å²) in [5.41, 5.74) is 5.11. The van der Waals surface area contributed by atoms with E-state index >= 15 is 0 Å². The first-order chi connectivity index (χ1) is 9.15.